The molecule has 0 spiro atoms. The highest BCUT2D eigenvalue weighted by Crippen LogP contribution is 2.23. The maximum Gasteiger partial charge on any atom is 0.230 e. The standard InChI is InChI=1S/C24H22N4OS/c1-28(16-18-6-3-2-4-7-18)22-11-9-20(10-12-22)26-23(29)14-21-17-30-24(27-21)19-8-5-13-25-15-19/h2-13,15,17H,14,16H2,1H3,(H,26,29). The molecule has 0 bridgehead atoms. The van der Waals surface area contributed by atoms with Gasteiger partial charge < -0.3 is 10.2 Å². The normalized spacial score (nSPS) is 10.6. The van der Waals surface area contributed by atoms with Gasteiger partial charge in [0.05, 0.1) is 12.1 Å². The Labute approximate surface area is 180 Å². The highest BCUT2D eigenvalue weighted by Gasteiger charge is 2.10. The molecule has 2 aromatic carbocycles. The predicted molar refractivity (Wildman–Crippen MR) is 123 cm³/mol. The maximum absolute atomic E-state index is 12.4. The summed E-state index contributed by atoms with van der Waals surface area (Å²) in [5.74, 6) is -0.0802. The van der Waals surface area contributed by atoms with Crippen LogP contribution in [-0.4, -0.2) is 22.9 Å². The number of carbonyl (C=O) groups excluding carboxylic acids is 1. The van der Waals surface area contributed by atoms with Crippen molar-refractivity contribution < 1.29 is 4.79 Å². The van der Waals surface area contributed by atoms with E-state index >= 15 is 0 Å². The van der Waals surface area contributed by atoms with Gasteiger partial charge in [0.2, 0.25) is 5.91 Å². The molecular formula is C24H22N4OS. The topological polar surface area (TPSA) is 58.1 Å². The summed E-state index contributed by atoms with van der Waals surface area (Å²) in [5.41, 5.74) is 4.85. The lowest BCUT2D eigenvalue weighted by Gasteiger charge is -2.19. The Morgan fingerprint density at radius 1 is 1.03 bits per heavy atom. The van der Waals surface area contributed by atoms with Crippen molar-refractivity contribution in [1.29, 1.82) is 0 Å². The summed E-state index contributed by atoms with van der Waals surface area (Å²) < 4.78 is 0. The molecule has 1 N–H and O–H groups in total. The number of hydrogen-bond acceptors (Lipinski definition) is 5. The van der Waals surface area contributed by atoms with Crippen LogP contribution in [0.1, 0.15) is 11.3 Å². The van der Waals surface area contributed by atoms with Crippen LogP contribution >= 0.6 is 11.3 Å². The summed E-state index contributed by atoms with van der Waals surface area (Å²) in [6.07, 6.45) is 3.75. The Balaban J connectivity index is 1.33. The average molecular weight is 415 g/mol. The van der Waals surface area contributed by atoms with E-state index in [0.717, 1.165) is 34.2 Å². The third-order valence-corrected chi connectivity index (χ3v) is 5.60. The number of thiazole rings is 1. The Kier molecular flexibility index (Phi) is 6.15. The molecule has 0 aliphatic heterocycles. The van der Waals surface area contributed by atoms with Gasteiger partial charge in [-0.15, -0.1) is 11.3 Å². The number of pyridine rings is 1. The first-order chi connectivity index (χ1) is 14.7. The monoisotopic (exact) mass is 414 g/mol. The van der Waals surface area contributed by atoms with Crippen LogP contribution in [0.3, 0.4) is 0 Å². The highest BCUT2D eigenvalue weighted by molar-refractivity contribution is 7.13. The molecular weight excluding hydrogens is 392 g/mol. The van der Waals surface area contributed by atoms with Crippen molar-refractivity contribution in [3.05, 3.63) is 95.8 Å². The summed E-state index contributed by atoms with van der Waals surface area (Å²) in [4.78, 5) is 23.3. The molecule has 1 amide bonds. The zero-order valence-corrected chi connectivity index (χ0v) is 17.5. The number of benzene rings is 2. The fourth-order valence-electron chi connectivity index (χ4n) is 3.13. The van der Waals surface area contributed by atoms with Gasteiger partial charge in [-0.05, 0) is 42.0 Å². The van der Waals surface area contributed by atoms with Crippen LogP contribution in [0.15, 0.2) is 84.5 Å². The zero-order valence-electron chi connectivity index (χ0n) is 16.7. The fraction of sp³-hybridized carbons (Fsp3) is 0.125. The third-order valence-electron chi connectivity index (χ3n) is 4.66. The molecule has 5 nitrogen and oxygen atoms in total. The Bertz CT molecular complexity index is 1100. The summed E-state index contributed by atoms with van der Waals surface area (Å²) in [6.45, 7) is 0.829. The lowest BCUT2D eigenvalue weighted by Crippen LogP contribution is -2.17. The van der Waals surface area contributed by atoms with Crippen molar-refractivity contribution in [3.8, 4) is 10.6 Å². The maximum atomic E-state index is 12.4. The van der Waals surface area contributed by atoms with E-state index in [4.69, 9.17) is 0 Å². The molecule has 0 saturated heterocycles. The van der Waals surface area contributed by atoms with Crippen LogP contribution in [0.4, 0.5) is 11.4 Å². The summed E-state index contributed by atoms with van der Waals surface area (Å²) in [5, 5.41) is 5.74. The molecule has 30 heavy (non-hydrogen) atoms. The van der Waals surface area contributed by atoms with Crippen molar-refractivity contribution >= 4 is 28.6 Å². The van der Waals surface area contributed by atoms with Crippen molar-refractivity contribution in [2.75, 3.05) is 17.3 Å². The number of hydrogen-bond donors (Lipinski definition) is 1. The second-order valence-corrected chi connectivity index (χ2v) is 7.86. The van der Waals surface area contributed by atoms with Crippen LogP contribution in [0.5, 0.6) is 0 Å². The molecule has 4 rings (SSSR count). The van der Waals surface area contributed by atoms with Crippen LogP contribution < -0.4 is 10.2 Å². The molecule has 6 heteroatoms. The number of aromatic nitrogens is 2. The van der Waals surface area contributed by atoms with Crippen LogP contribution in [0, 0.1) is 0 Å². The first-order valence-electron chi connectivity index (χ1n) is 9.67. The molecule has 0 radical (unpaired) electrons. The SMILES string of the molecule is CN(Cc1ccccc1)c1ccc(NC(=O)Cc2csc(-c3cccnc3)n2)cc1. The van der Waals surface area contributed by atoms with E-state index in [-0.39, 0.29) is 12.3 Å². The number of nitrogens with zero attached hydrogens (tertiary/aromatic N) is 3. The number of amides is 1. The van der Waals surface area contributed by atoms with Crippen molar-refractivity contribution in [2.24, 2.45) is 0 Å². The average Bonchev–Trinajstić information content (AvgIpc) is 3.24. The molecule has 0 aliphatic rings. The van der Waals surface area contributed by atoms with Crippen LogP contribution in [0.25, 0.3) is 10.6 Å². The third kappa shape index (κ3) is 5.10. The molecule has 0 aliphatic carbocycles. The molecule has 2 heterocycles. The minimum atomic E-state index is -0.0802. The zero-order chi connectivity index (χ0) is 20.8. The molecule has 0 fully saturated rings. The van der Waals surface area contributed by atoms with E-state index in [1.54, 1.807) is 12.4 Å². The number of rotatable bonds is 7. The first-order valence-corrected chi connectivity index (χ1v) is 10.5. The number of nitrogens with one attached hydrogen (secondary N) is 1. The van der Waals surface area contributed by atoms with Gasteiger partial charge in [-0.2, -0.15) is 0 Å². The molecule has 4 aromatic rings. The lowest BCUT2D eigenvalue weighted by atomic mass is 10.2. The second-order valence-electron chi connectivity index (χ2n) is 7.00. The Hall–Kier alpha value is -3.51. The van der Waals surface area contributed by atoms with E-state index in [9.17, 15) is 4.79 Å². The van der Waals surface area contributed by atoms with E-state index in [0.29, 0.717) is 0 Å². The van der Waals surface area contributed by atoms with E-state index in [1.807, 2.05) is 60.0 Å². The van der Waals surface area contributed by atoms with Gasteiger partial charge in [0.15, 0.2) is 0 Å². The smallest absolute Gasteiger partial charge is 0.230 e. The summed E-state index contributed by atoms with van der Waals surface area (Å²) in [6, 6.07) is 22.1. The van der Waals surface area contributed by atoms with Gasteiger partial charge in [0, 0.05) is 48.3 Å². The molecule has 2 aromatic heterocycles. The predicted octanol–water partition coefficient (Wildman–Crippen LogP) is 5.02. The van der Waals surface area contributed by atoms with E-state index in [2.05, 4.69) is 39.4 Å². The molecule has 0 unspecified atom stereocenters. The van der Waals surface area contributed by atoms with Crippen molar-refractivity contribution in [2.45, 2.75) is 13.0 Å². The van der Waals surface area contributed by atoms with Gasteiger partial charge in [-0.3, -0.25) is 9.78 Å². The lowest BCUT2D eigenvalue weighted by molar-refractivity contribution is -0.115. The minimum absolute atomic E-state index is 0.0802. The van der Waals surface area contributed by atoms with Gasteiger partial charge in [-0.1, -0.05) is 30.3 Å². The van der Waals surface area contributed by atoms with E-state index < -0.39 is 0 Å². The summed E-state index contributed by atoms with van der Waals surface area (Å²) in [7, 11) is 2.06. The number of carbonyl (C=O) groups is 1. The number of anilines is 2. The second kappa shape index (κ2) is 9.33. The fourth-order valence-corrected chi connectivity index (χ4v) is 3.94. The Morgan fingerprint density at radius 2 is 1.83 bits per heavy atom. The quantitative estimate of drug-likeness (QED) is 0.461. The van der Waals surface area contributed by atoms with Gasteiger partial charge in [0.1, 0.15) is 5.01 Å². The van der Waals surface area contributed by atoms with Gasteiger partial charge >= 0.3 is 0 Å². The first kappa shape index (κ1) is 19.8. The summed E-state index contributed by atoms with van der Waals surface area (Å²) >= 11 is 1.52. The molecule has 0 atom stereocenters. The Morgan fingerprint density at radius 3 is 2.57 bits per heavy atom. The molecule has 0 saturated carbocycles. The van der Waals surface area contributed by atoms with Crippen molar-refractivity contribution in [3.63, 3.8) is 0 Å². The minimum Gasteiger partial charge on any atom is -0.370 e. The van der Waals surface area contributed by atoms with E-state index in [1.165, 1.54) is 16.9 Å². The highest BCUT2D eigenvalue weighted by atomic mass is 32.1. The van der Waals surface area contributed by atoms with Crippen LogP contribution in [-0.2, 0) is 17.8 Å². The van der Waals surface area contributed by atoms with Crippen LogP contribution in [0.2, 0.25) is 0 Å². The van der Waals surface area contributed by atoms with Gasteiger partial charge in [0.25, 0.3) is 0 Å². The van der Waals surface area contributed by atoms with Crippen molar-refractivity contribution in [1.82, 2.24) is 9.97 Å². The largest absolute Gasteiger partial charge is 0.370 e. The van der Waals surface area contributed by atoms with Gasteiger partial charge in [-0.25, -0.2) is 4.98 Å². The molecule has 150 valence electrons.